The summed E-state index contributed by atoms with van der Waals surface area (Å²) in [6.45, 7) is 0. The Hall–Kier alpha value is 0.350. The summed E-state index contributed by atoms with van der Waals surface area (Å²) in [5, 5.41) is 10.0. The fourth-order valence-corrected chi connectivity index (χ4v) is 0. The molecule has 0 aliphatic carbocycles. The highest BCUT2D eigenvalue weighted by atomic mass is 31.0. The third-order valence-electron chi connectivity index (χ3n) is 0. The summed E-state index contributed by atoms with van der Waals surface area (Å²) in [7, 11) is 4.71. The van der Waals surface area contributed by atoms with Crippen molar-refractivity contribution in [3.8, 4) is 0 Å². The number of quaternary nitrogens is 1. The Morgan fingerprint density at radius 1 is 1.17 bits per heavy atom. The maximum absolute atomic E-state index is 10.0. The first-order valence-electron chi connectivity index (χ1n) is 1.52. The quantitative estimate of drug-likeness (QED) is 0.248. The van der Waals surface area contributed by atoms with Gasteiger partial charge in [0.2, 0.25) is 0 Å². The monoisotopic (exact) mass is 109 g/mol. The third kappa shape index (κ3) is 399. The molecule has 0 aromatic carbocycles. The maximum atomic E-state index is 10.0. The van der Waals surface area contributed by atoms with E-state index in [0.717, 1.165) is 0 Å². The molecule has 1 unspecified atom stereocenters. The molecule has 40 valence electrons. The van der Waals surface area contributed by atoms with E-state index in [9.17, 15) is 5.21 Å². The molecule has 2 nitrogen and oxygen atoms in total. The highest BCUT2D eigenvalue weighted by molar-refractivity contribution is 6.92. The molecule has 0 saturated carbocycles. The van der Waals surface area contributed by atoms with Gasteiger partial charge in [-0.25, -0.2) is 0 Å². The van der Waals surface area contributed by atoms with Gasteiger partial charge in [0.05, 0.1) is 21.1 Å². The molecule has 0 fully saturated rings. The van der Waals surface area contributed by atoms with Crippen molar-refractivity contribution in [2.75, 3.05) is 21.1 Å². The molecule has 1 atom stereocenters. The molecule has 0 radical (unpaired) electrons. The van der Waals surface area contributed by atoms with Gasteiger partial charge in [-0.3, -0.25) is 0 Å². The van der Waals surface area contributed by atoms with Gasteiger partial charge in [0.15, 0.2) is 0 Å². The van der Waals surface area contributed by atoms with Crippen molar-refractivity contribution in [2.24, 2.45) is 0 Å². The number of hydrogen-bond donors (Lipinski definition) is 0. The zero-order chi connectivity index (χ0) is 4.50. The van der Waals surface area contributed by atoms with E-state index < -0.39 is 0 Å². The van der Waals surface area contributed by atoms with Crippen LogP contribution in [0.1, 0.15) is 0 Å². The minimum atomic E-state index is -0.250. The highest BCUT2D eigenvalue weighted by Gasteiger charge is 1.79. The molecule has 0 aliphatic rings. The summed E-state index contributed by atoms with van der Waals surface area (Å²) in [6.07, 6.45) is 0. The van der Waals surface area contributed by atoms with Crippen molar-refractivity contribution >= 4 is 9.90 Å². The minimum Gasteiger partial charge on any atom is -0.633 e. The molecule has 0 aliphatic heterocycles. The van der Waals surface area contributed by atoms with E-state index in [1.165, 1.54) is 0 Å². The number of hydrogen-bond acceptors (Lipinski definition) is 1. The molecule has 0 N–H and O–H groups in total. The summed E-state index contributed by atoms with van der Waals surface area (Å²) in [4.78, 5) is 0. The summed E-state index contributed by atoms with van der Waals surface area (Å²) in [5.74, 6) is 0. The second-order valence-electron chi connectivity index (χ2n) is 1.89. The Kier molecular flexibility index (Phi) is 4.02. The molecule has 0 rings (SSSR count). The Balaban J connectivity index is 0. The van der Waals surface area contributed by atoms with Gasteiger partial charge in [-0.05, 0) is 0 Å². The van der Waals surface area contributed by atoms with Gasteiger partial charge in [-0.1, -0.05) is 0 Å². The average Bonchev–Trinajstić information content (AvgIpc) is 0.722. The van der Waals surface area contributed by atoms with E-state index in [1.54, 1.807) is 21.1 Å². The second kappa shape index (κ2) is 2.51. The number of nitrogens with zero attached hydrogens (tertiary/aromatic N) is 1. The Morgan fingerprint density at radius 2 is 1.17 bits per heavy atom. The van der Waals surface area contributed by atoms with Gasteiger partial charge in [0, 0.05) is 0 Å². The standard InChI is InChI=1S/C3H9NO.H3P/c1-4(2,3)5;/h1-3H3;1H3. The topological polar surface area (TPSA) is 23.1 Å². The van der Waals surface area contributed by atoms with Crippen LogP contribution in [0.5, 0.6) is 0 Å². The predicted molar refractivity (Wildman–Crippen MR) is 32.5 cm³/mol. The van der Waals surface area contributed by atoms with E-state index in [4.69, 9.17) is 0 Å². The normalized spacial score (nSPS) is 10.0. The lowest BCUT2D eigenvalue weighted by Crippen LogP contribution is -2.25. The van der Waals surface area contributed by atoms with Crippen LogP contribution < -0.4 is 0 Å². The molecule has 0 amide bonds. The zero-order valence-electron chi connectivity index (χ0n) is 4.56. The molecular weight excluding hydrogens is 97.0 g/mol. The van der Waals surface area contributed by atoms with Gasteiger partial charge < -0.3 is 9.85 Å². The molecule has 0 aromatic rings. The molecule has 0 saturated heterocycles. The maximum Gasteiger partial charge on any atom is 0.0674 e. The van der Waals surface area contributed by atoms with E-state index in [2.05, 4.69) is 0 Å². The van der Waals surface area contributed by atoms with Gasteiger partial charge in [-0.2, -0.15) is 9.90 Å². The van der Waals surface area contributed by atoms with Crippen LogP contribution in [0.15, 0.2) is 0 Å². The van der Waals surface area contributed by atoms with Gasteiger partial charge >= 0.3 is 0 Å². The molecular formula is C3H12NOP. The van der Waals surface area contributed by atoms with E-state index in [0.29, 0.717) is 0 Å². The Morgan fingerprint density at radius 3 is 1.17 bits per heavy atom. The molecule has 0 bridgehead atoms. The summed E-state index contributed by atoms with van der Waals surface area (Å²) in [5.41, 5.74) is 0. The van der Waals surface area contributed by atoms with Crippen LogP contribution in [0.2, 0.25) is 0 Å². The van der Waals surface area contributed by atoms with E-state index >= 15 is 0 Å². The fourth-order valence-electron chi connectivity index (χ4n) is 0. The van der Waals surface area contributed by atoms with Crippen molar-refractivity contribution in [1.82, 2.24) is 0 Å². The Labute approximate surface area is 41.9 Å². The minimum absolute atomic E-state index is 0. The SMILES string of the molecule is C[N+](C)(C)[O-].P. The van der Waals surface area contributed by atoms with Crippen LogP contribution in [-0.4, -0.2) is 25.8 Å². The number of rotatable bonds is 0. The van der Waals surface area contributed by atoms with Crippen molar-refractivity contribution in [2.45, 2.75) is 0 Å². The van der Waals surface area contributed by atoms with Crippen molar-refractivity contribution in [3.05, 3.63) is 5.21 Å². The molecule has 3 heteroatoms. The summed E-state index contributed by atoms with van der Waals surface area (Å²) in [6, 6.07) is 0. The van der Waals surface area contributed by atoms with Crippen LogP contribution >= 0.6 is 9.90 Å². The zero-order valence-corrected chi connectivity index (χ0v) is 5.98. The van der Waals surface area contributed by atoms with Crippen LogP contribution in [0.3, 0.4) is 0 Å². The smallest absolute Gasteiger partial charge is 0.0674 e. The van der Waals surface area contributed by atoms with Gasteiger partial charge in [0.1, 0.15) is 0 Å². The first kappa shape index (κ1) is 9.61. The van der Waals surface area contributed by atoms with Gasteiger partial charge in [-0.15, -0.1) is 0 Å². The molecule has 0 spiro atoms. The highest BCUT2D eigenvalue weighted by Crippen LogP contribution is 1.77. The first-order valence-corrected chi connectivity index (χ1v) is 1.52. The lowest BCUT2D eigenvalue weighted by Gasteiger charge is -2.27. The molecule has 0 aromatic heterocycles. The lowest BCUT2D eigenvalue weighted by molar-refractivity contribution is -0.818. The van der Waals surface area contributed by atoms with E-state index in [-0.39, 0.29) is 14.5 Å². The summed E-state index contributed by atoms with van der Waals surface area (Å²) >= 11 is 0. The third-order valence-corrected chi connectivity index (χ3v) is 0. The van der Waals surface area contributed by atoms with Crippen LogP contribution in [0, 0.1) is 5.21 Å². The van der Waals surface area contributed by atoms with Crippen molar-refractivity contribution in [1.29, 1.82) is 0 Å². The number of hydroxylamine groups is 3. The average molecular weight is 109 g/mol. The Bertz CT molecular complexity index is 26.3. The van der Waals surface area contributed by atoms with Crippen LogP contribution in [0.25, 0.3) is 0 Å². The predicted octanol–water partition coefficient (Wildman–Crippen LogP) is 0.248. The van der Waals surface area contributed by atoms with E-state index in [1.807, 2.05) is 0 Å². The lowest BCUT2D eigenvalue weighted by atomic mass is 11.0. The first-order chi connectivity index (χ1) is 2.00. The van der Waals surface area contributed by atoms with Crippen LogP contribution in [-0.2, 0) is 0 Å². The largest absolute Gasteiger partial charge is 0.633 e. The van der Waals surface area contributed by atoms with Crippen molar-refractivity contribution < 1.29 is 4.65 Å². The molecule has 0 heterocycles. The second-order valence-corrected chi connectivity index (χ2v) is 1.89. The molecule has 6 heavy (non-hydrogen) atoms. The fraction of sp³-hybridized carbons (Fsp3) is 1.00. The van der Waals surface area contributed by atoms with Crippen LogP contribution in [0.4, 0.5) is 0 Å². The van der Waals surface area contributed by atoms with Crippen molar-refractivity contribution in [3.63, 3.8) is 0 Å². The van der Waals surface area contributed by atoms with Gasteiger partial charge in [0.25, 0.3) is 0 Å². The summed E-state index contributed by atoms with van der Waals surface area (Å²) < 4.78 is -0.250.